The van der Waals surface area contributed by atoms with Gasteiger partial charge in [0, 0.05) is 59.0 Å². The van der Waals surface area contributed by atoms with Gasteiger partial charge in [-0.15, -0.1) is 0 Å². The van der Waals surface area contributed by atoms with Crippen LogP contribution in [0, 0.1) is 0 Å². The van der Waals surface area contributed by atoms with Gasteiger partial charge >= 0.3 is 0 Å². The maximum absolute atomic E-state index is 13.0. The number of fused-ring (bicyclic) bond motifs is 2. The zero-order chi connectivity index (χ0) is 23.1. The number of carbonyl (C=O) groups is 3. The van der Waals surface area contributed by atoms with Crippen molar-refractivity contribution in [2.75, 3.05) is 11.9 Å². The van der Waals surface area contributed by atoms with E-state index in [9.17, 15) is 14.4 Å². The summed E-state index contributed by atoms with van der Waals surface area (Å²) in [6, 6.07) is 13.2. The Morgan fingerprint density at radius 1 is 1.03 bits per heavy atom. The summed E-state index contributed by atoms with van der Waals surface area (Å²) in [7, 11) is 0. The SMILES string of the molecule is CC(=O)Nc1ccc2c(C3=C(c4c[nH]c5ccccc45)C(=O)NC3=O)cn(CCCN)c2c1. The summed E-state index contributed by atoms with van der Waals surface area (Å²) in [6.07, 6.45) is 4.40. The van der Waals surface area contributed by atoms with E-state index < -0.39 is 11.8 Å². The molecule has 5 N–H and O–H groups in total. The third-order valence-electron chi connectivity index (χ3n) is 5.86. The topological polar surface area (TPSA) is 122 Å². The van der Waals surface area contributed by atoms with E-state index in [1.807, 2.05) is 47.2 Å². The van der Waals surface area contributed by atoms with Gasteiger partial charge in [0.2, 0.25) is 5.91 Å². The van der Waals surface area contributed by atoms with E-state index in [0.29, 0.717) is 41.1 Å². The van der Waals surface area contributed by atoms with E-state index >= 15 is 0 Å². The van der Waals surface area contributed by atoms with Gasteiger partial charge in [0.25, 0.3) is 11.8 Å². The Hall–Kier alpha value is -4.17. The highest BCUT2D eigenvalue weighted by Gasteiger charge is 2.35. The first-order valence-electron chi connectivity index (χ1n) is 10.8. The van der Waals surface area contributed by atoms with Gasteiger partial charge < -0.3 is 20.6 Å². The molecule has 8 nitrogen and oxygen atoms in total. The number of benzene rings is 2. The summed E-state index contributed by atoms with van der Waals surface area (Å²) in [4.78, 5) is 40.7. The highest BCUT2D eigenvalue weighted by Crippen LogP contribution is 2.38. The molecule has 0 aliphatic carbocycles. The number of aromatic nitrogens is 2. The minimum Gasteiger partial charge on any atom is -0.361 e. The van der Waals surface area contributed by atoms with Crippen molar-refractivity contribution in [2.45, 2.75) is 19.9 Å². The molecule has 2 aromatic carbocycles. The lowest BCUT2D eigenvalue weighted by Crippen LogP contribution is -2.22. The molecule has 0 atom stereocenters. The second-order valence-electron chi connectivity index (χ2n) is 8.07. The molecule has 166 valence electrons. The maximum atomic E-state index is 13.0. The predicted molar refractivity (Wildman–Crippen MR) is 128 cm³/mol. The number of nitrogens with two attached hydrogens (primary N) is 1. The van der Waals surface area contributed by atoms with Crippen LogP contribution in [0.2, 0.25) is 0 Å². The molecule has 0 unspecified atom stereocenters. The lowest BCUT2D eigenvalue weighted by atomic mass is 9.95. The molecule has 4 aromatic rings. The van der Waals surface area contributed by atoms with Crippen LogP contribution in [0.1, 0.15) is 24.5 Å². The van der Waals surface area contributed by atoms with Crippen LogP contribution in [-0.2, 0) is 20.9 Å². The number of H-pyrrole nitrogens is 1. The van der Waals surface area contributed by atoms with Gasteiger partial charge in [-0.25, -0.2) is 0 Å². The van der Waals surface area contributed by atoms with E-state index in [1.54, 1.807) is 12.3 Å². The second-order valence-corrected chi connectivity index (χ2v) is 8.07. The highest BCUT2D eigenvalue weighted by molar-refractivity contribution is 6.50. The van der Waals surface area contributed by atoms with Gasteiger partial charge in [-0.2, -0.15) is 0 Å². The molecule has 0 fully saturated rings. The molecular weight excluding hydrogens is 418 g/mol. The number of hydrogen-bond donors (Lipinski definition) is 4. The Morgan fingerprint density at radius 3 is 2.55 bits per heavy atom. The number of para-hydroxylation sites is 1. The molecule has 0 saturated carbocycles. The average Bonchev–Trinajstić information content (AvgIpc) is 3.44. The van der Waals surface area contributed by atoms with E-state index in [1.165, 1.54) is 6.92 Å². The number of aromatic amines is 1. The number of rotatable bonds is 6. The van der Waals surface area contributed by atoms with Crippen LogP contribution in [0.15, 0.2) is 54.9 Å². The van der Waals surface area contributed by atoms with E-state index in [2.05, 4.69) is 15.6 Å². The van der Waals surface area contributed by atoms with Gasteiger partial charge in [-0.3, -0.25) is 19.7 Å². The number of amides is 3. The number of aryl methyl sites for hydroxylation is 1. The summed E-state index contributed by atoms with van der Waals surface area (Å²) < 4.78 is 2.01. The first-order chi connectivity index (χ1) is 16.0. The molecule has 0 bridgehead atoms. The summed E-state index contributed by atoms with van der Waals surface area (Å²) in [5.74, 6) is -1.01. The van der Waals surface area contributed by atoms with Crippen molar-refractivity contribution in [1.29, 1.82) is 0 Å². The Morgan fingerprint density at radius 2 is 1.79 bits per heavy atom. The van der Waals surface area contributed by atoms with Crippen LogP contribution in [0.3, 0.4) is 0 Å². The summed E-state index contributed by atoms with van der Waals surface area (Å²) in [5.41, 5.74) is 10.2. The third kappa shape index (κ3) is 3.50. The normalized spacial score (nSPS) is 13.9. The molecule has 2 aromatic heterocycles. The molecule has 0 radical (unpaired) electrons. The first kappa shape index (κ1) is 20.7. The number of nitrogens with one attached hydrogen (secondary N) is 3. The smallest absolute Gasteiger partial charge is 0.259 e. The van der Waals surface area contributed by atoms with Crippen molar-refractivity contribution >= 4 is 56.4 Å². The maximum Gasteiger partial charge on any atom is 0.259 e. The van der Waals surface area contributed by atoms with Crippen molar-refractivity contribution in [1.82, 2.24) is 14.9 Å². The zero-order valence-electron chi connectivity index (χ0n) is 18.1. The summed E-state index contributed by atoms with van der Waals surface area (Å²) in [6.45, 7) is 2.61. The molecule has 8 heteroatoms. The van der Waals surface area contributed by atoms with Gasteiger partial charge in [0.1, 0.15) is 0 Å². The standard InChI is InChI=1S/C25H23N5O3/c1-14(31)28-15-7-8-17-19(13-30(10-4-9-26)21(17)11-15)23-22(24(32)29-25(23)33)18-12-27-20-6-3-2-5-16(18)20/h2-3,5-8,11-13,27H,4,9-10,26H2,1H3,(H,28,31)(H,29,32,33). The van der Waals surface area contributed by atoms with Crippen molar-refractivity contribution in [3.63, 3.8) is 0 Å². The predicted octanol–water partition coefficient (Wildman–Crippen LogP) is 3.00. The number of hydrogen-bond acceptors (Lipinski definition) is 4. The molecule has 3 amide bonds. The van der Waals surface area contributed by atoms with Crippen LogP contribution in [0.5, 0.6) is 0 Å². The minimum atomic E-state index is -0.427. The van der Waals surface area contributed by atoms with Gasteiger partial charge in [0.05, 0.1) is 16.7 Å². The summed E-state index contributed by atoms with van der Waals surface area (Å²) >= 11 is 0. The lowest BCUT2D eigenvalue weighted by Gasteiger charge is -2.06. The molecule has 33 heavy (non-hydrogen) atoms. The average molecular weight is 441 g/mol. The Labute approximate surface area is 189 Å². The molecule has 1 aliphatic rings. The Bertz CT molecular complexity index is 1470. The van der Waals surface area contributed by atoms with Crippen LogP contribution in [-0.4, -0.2) is 33.8 Å². The number of imide groups is 1. The first-order valence-corrected chi connectivity index (χ1v) is 10.8. The largest absolute Gasteiger partial charge is 0.361 e. The van der Waals surface area contributed by atoms with Crippen molar-refractivity contribution in [3.05, 3.63) is 66.0 Å². The minimum absolute atomic E-state index is 0.167. The fourth-order valence-electron chi connectivity index (χ4n) is 4.47. The van der Waals surface area contributed by atoms with E-state index in [4.69, 9.17) is 5.73 Å². The quantitative estimate of drug-likeness (QED) is 0.344. The van der Waals surface area contributed by atoms with E-state index in [0.717, 1.165) is 28.2 Å². The second kappa shape index (κ2) is 8.07. The number of nitrogens with zero attached hydrogens (tertiary/aromatic N) is 1. The molecule has 3 heterocycles. The molecule has 5 rings (SSSR count). The van der Waals surface area contributed by atoms with Crippen molar-refractivity contribution < 1.29 is 14.4 Å². The lowest BCUT2D eigenvalue weighted by molar-refractivity contribution is -0.123. The number of anilines is 1. The van der Waals surface area contributed by atoms with Crippen LogP contribution in [0.4, 0.5) is 5.69 Å². The van der Waals surface area contributed by atoms with E-state index in [-0.39, 0.29) is 5.91 Å². The van der Waals surface area contributed by atoms with Gasteiger partial charge in [0.15, 0.2) is 0 Å². The molecular formula is C25H23N5O3. The Balaban J connectivity index is 1.76. The van der Waals surface area contributed by atoms with Crippen molar-refractivity contribution in [3.8, 4) is 0 Å². The fourth-order valence-corrected chi connectivity index (χ4v) is 4.47. The van der Waals surface area contributed by atoms with Gasteiger partial charge in [-0.1, -0.05) is 24.3 Å². The Kier molecular flexibility index (Phi) is 5.07. The third-order valence-corrected chi connectivity index (χ3v) is 5.86. The van der Waals surface area contributed by atoms with Gasteiger partial charge in [-0.05, 0) is 31.2 Å². The van der Waals surface area contributed by atoms with Crippen LogP contribution in [0.25, 0.3) is 33.0 Å². The zero-order valence-corrected chi connectivity index (χ0v) is 18.1. The molecule has 0 spiro atoms. The monoisotopic (exact) mass is 441 g/mol. The van der Waals surface area contributed by atoms with Crippen molar-refractivity contribution in [2.24, 2.45) is 5.73 Å². The molecule has 1 aliphatic heterocycles. The molecule has 0 saturated heterocycles. The highest BCUT2D eigenvalue weighted by atomic mass is 16.2. The van der Waals surface area contributed by atoms with Crippen LogP contribution < -0.4 is 16.4 Å². The fraction of sp³-hybridized carbons (Fsp3) is 0.160. The van der Waals surface area contributed by atoms with Crippen LogP contribution >= 0.6 is 0 Å². The summed E-state index contributed by atoms with van der Waals surface area (Å²) in [5, 5.41) is 6.96. The number of carbonyl (C=O) groups excluding carboxylic acids is 3.